The number of fused-ring (bicyclic) bond motifs is 1. The summed E-state index contributed by atoms with van der Waals surface area (Å²) >= 11 is 6.40. The lowest BCUT2D eigenvalue weighted by Crippen LogP contribution is -2.58. The molecule has 3 aromatic rings. The van der Waals surface area contributed by atoms with E-state index in [1.54, 1.807) is 23.7 Å². The number of aromatic nitrogens is 4. The van der Waals surface area contributed by atoms with Gasteiger partial charge < -0.3 is 19.6 Å². The Morgan fingerprint density at radius 1 is 1.33 bits per heavy atom. The van der Waals surface area contributed by atoms with Crippen molar-refractivity contribution in [1.29, 1.82) is 0 Å². The first-order valence-electron chi connectivity index (χ1n) is 12.5. The van der Waals surface area contributed by atoms with E-state index in [9.17, 15) is 8.78 Å². The molecule has 0 saturated carbocycles. The number of piperidine rings is 1. The van der Waals surface area contributed by atoms with Gasteiger partial charge in [-0.05, 0) is 12.5 Å². The highest BCUT2D eigenvalue weighted by Crippen LogP contribution is 2.30. The second kappa shape index (κ2) is 11.9. The van der Waals surface area contributed by atoms with Crippen molar-refractivity contribution in [3.63, 3.8) is 0 Å². The van der Waals surface area contributed by atoms with E-state index in [2.05, 4.69) is 30.5 Å². The number of nitrogens with two attached hydrogens (primary N) is 1. The number of nitrogens with one attached hydrogen (secondary N) is 1. The van der Waals surface area contributed by atoms with E-state index in [4.69, 9.17) is 31.2 Å². The number of rotatable bonds is 10. The number of ether oxygens (including phenoxy) is 3. The van der Waals surface area contributed by atoms with E-state index in [0.29, 0.717) is 65.5 Å². The molecular formula is C25H30ClF2N8O3+. The molecule has 3 N–H and O–H groups in total. The minimum Gasteiger partial charge on any atom is -0.488 e. The zero-order valence-electron chi connectivity index (χ0n) is 21.6. The second-order valence-electron chi connectivity index (χ2n) is 9.54. The predicted molar refractivity (Wildman–Crippen MR) is 139 cm³/mol. The Hall–Kier alpha value is -3.26. The van der Waals surface area contributed by atoms with Crippen molar-refractivity contribution in [2.45, 2.75) is 37.7 Å². The molecule has 0 bridgehead atoms. The van der Waals surface area contributed by atoms with Crippen LogP contribution >= 0.6 is 11.6 Å². The van der Waals surface area contributed by atoms with Crippen LogP contribution in [0.1, 0.15) is 30.8 Å². The Labute approximate surface area is 228 Å². The number of likely N-dealkylation sites (tertiary alicyclic amines) is 1. The van der Waals surface area contributed by atoms with Gasteiger partial charge in [0.25, 0.3) is 0 Å². The molecule has 2 saturated heterocycles. The standard InChI is InChI=1S/C25H29ClF2N8O3/c1-14(29)23(34-33-20-3-4-35(10-19(20)28)17-11-38-12-17)15-5-21(24-18(26)8-32-36(24)9-15)39-13-22(37-2)25-30-6-16(27)7-31-25/h5-9,17,19-20,22,29,33H,3-4,10-13H2,1-2H3/p+1/b29-14?,34-23+/t19-,20?,22?/m0/s1. The van der Waals surface area contributed by atoms with Gasteiger partial charge in [0.15, 0.2) is 29.2 Å². The molecule has 5 rings (SSSR count). The minimum absolute atomic E-state index is 0.00689. The maximum Gasteiger partial charge on any atom is 0.198 e. The Kier molecular flexibility index (Phi) is 8.31. The summed E-state index contributed by atoms with van der Waals surface area (Å²) in [6, 6.07) is 1.57. The van der Waals surface area contributed by atoms with Crippen molar-refractivity contribution in [2.24, 2.45) is 5.10 Å². The van der Waals surface area contributed by atoms with Crippen molar-refractivity contribution in [3.05, 3.63) is 53.1 Å². The zero-order chi connectivity index (χ0) is 27.5. The molecule has 208 valence electrons. The van der Waals surface area contributed by atoms with Crippen LogP contribution in [0.5, 0.6) is 5.75 Å². The molecule has 0 radical (unpaired) electrons. The molecule has 2 aliphatic heterocycles. The van der Waals surface area contributed by atoms with Gasteiger partial charge in [0, 0.05) is 38.9 Å². The molecule has 2 fully saturated rings. The average Bonchev–Trinajstić information content (AvgIpc) is 3.26. The second-order valence-corrected chi connectivity index (χ2v) is 9.95. The van der Waals surface area contributed by atoms with Crippen molar-refractivity contribution < 1.29 is 28.4 Å². The number of hydrazone groups is 1. The van der Waals surface area contributed by atoms with E-state index >= 15 is 0 Å². The van der Waals surface area contributed by atoms with Gasteiger partial charge >= 0.3 is 0 Å². The molecule has 0 aromatic carbocycles. The maximum atomic E-state index is 15.0. The fourth-order valence-electron chi connectivity index (χ4n) is 4.56. The summed E-state index contributed by atoms with van der Waals surface area (Å²) in [6.07, 6.45) is 4.17. The van der Waals surface area contributed by atoms with Crippen molar-refractivity contribution >= 4 is 28.5 Å². The third-order valence-electron chi connectivity index (χ3n) is 6.83. The SMILES string of the molecule is COC(COc1cc(/C(=N/NC2CCN(C3COC3)C[C@@H]2F)C(C)=[NH2+])cn2ncc(Cl)c12)c1ncc(F)cn1. The Balaban J connectivity index is 1.36. The average molecular weight is 564 g/mol. The summed E-state index contributed by atoms with van der Waals surface area (Å²) in [7, 11) is 1.48. The first kappa shape index (κ1) is 27.3. The maximum absolute atomic E-state index is 15.0. The molecule has 2 aliphatic rings. The highest BCUT2D eigenvalue weighted by atomic mass is 35.5. The summed E-state index contributed by atoms with van der Waals surface area (Å²) in [4.78, 5) is 10.1. The van der Waals surface area contributed by atoms with Gasteiger partial charge in [0.05, 0.1) is 48.9 Å². The van der Waals surface area contributed by atoms with Crippen molar-refractivity contribution in [2.75, 3.05) is 40.0 Å². The molecule has 3 atom stereocenters. The number of halogens is 3. The third-order valence-corrected chi connectivity index (χ3v) is 7.11. The van der Waals surface area contributed by atoms with Crippen LogP contribution in [0.2, 0.25) is 5.02 Å². The van der Waals surface area contributed by atoms with Gasteiger partial charge in [-0.3, -0.25) is 10.3 Å². The van der Waals surface area contributed by atoms with Gasteiger partial charge in [0.2, 0.25) is 0 Å². The lowest BCUT2D eigenvalue weighted by molar-refractivity contribution is -0.111. The summed E-state index contributed by atoms with van der Waals surface area (Å²) in [5, 5.41) is 15.4. The van der Waals surface area contributed by atoms with Crippen LogP contribution in [0.4, 0.5) is 8.78 Å². The molecule has 5 heterocycles. The normalized spacial score (nSPS) is 21.5. The van der Waals surface area contributed by atoms with E-state index in [-0.39, 0.29) is 12.4 Å². The van der Waals surface area contributed by atoms with Gasteiger partial charge in [-0.15, -0.1) is 0 Å². The number of hydrogen-bond donors (Lipinski definition) is 2. The first-order valence-corrected chi connectivity index (χ1v) is 12.9. The molecule has 0 amide bonds. The predicted octanol–water partition coefficient (Wildman–Crippen LogP) is 1.01. The molecule has 0 spiro atoms. The lowest BCUT2D eigenvalue weighted by atomic mass is 10.0. The summed E-state index contributed by atoms with van der Waals surface area (Å²) < 4.78 is 46.6. The minimum atomic E-state index is -1.09. The quantitative estimate of drug-likeness (QED) is 0.277. The monoisotopic (exact) mass is 563 g/mol. The largest absolute Gasteiger partial charge is 0.488 e. The molecular weight excluding hydrogens is 534 g/mol. The van der Waals surface area contributed by atoms with E-state index in [0.717, 1.165) is 18.9 Å². The molecule has 2 unspecified atom stereocenters. The first-order chi connectivity index (χ1) is 18.8. The van der Waals surface area contributed by atoms with E-state index in [1.807, 2.05) is 0 Å². The number of methoxy groups -OCH3 is 1. The Bertz CT molecular complexity index is 1350. The number of alkyl halides is 1. The van der Waals surface area contributed by atoms with Gasteiger partial charge in [-0.25, -0.2) is 23.3 Å². The Morgan fingerprint density at radius 3 is 2.74 bits per heavy atom. The van der Waals surface area contributed by atoms with Crippen LogP contribution in [0.25, 0.3) is 5.52 Å². The van der Waals surface area contributed by atoms with E-state index in [1.165, 1.54) is 13.3 Å². The molecule has 3 aromatic heterocycles. The van der Waals surface area contributed by atoms with Crippen LogP contribution in [-0.4, -0.2) is 94.2 Å². The van der Waals surface area contributed by atoms with Gasteiger partial charge in [-0.2, -0.15) is 10.2 Å². The zero-order valence-corrected chi connectivity index (χ0v) is 22.3. The highest BCUT2D eigenvalue weighted by molar-refractivity contribution is 6.45. The number of hydrogen-bond acceptors (Lipinski definition) is 9. The molecule has 0 aliphatic carbocycles. The molecule has 11 nitrogen and oxygen atoms in total. The fraction of sp³-hybridized carbons (Fsp3) is 0.480. The molecule has 39 heavy (non-hydrogen) atoms. The van der Waals surface area contributed by atoms with Crippen LogP contribution in [0.3, 0.4) is 0 Å². The Morgan fingerprint density at radius 2 is 2.10 bits per heavy atom. The number of nitrogens with zero attached hydrogens (tertiary/aromatic N) is 6. The van der Waals surface area contributed by atoms with Crippen LogP contribution < -0.4 is 15.6 Å². The fourth-order valence-corrected chi connectivity index (χ4v) is 4.78. The summed E-state index contributed by atoms with van der Waals surface area (Å²) in [5.74, 6) is 0.0915. The van der Waals surface area contributed by atoms with Crippen molar-refractivity contribution in [1.82, 2.24) is 29.9 Å². The van der Waals surface area contributed by atoms with Crippen LogP contribution in [0.15, 0.2) is 36.0 Å². The number of pyridine rings is 1. The van der Waals surface area contributed by atoms with Gasteiger partial charge in [0.1, 0.15) is 24.0 Å². The van der Waals surface area contributed by atoms with Crippen LogP contribution in [-0.2, 0) is 9.47 Å². The molecule has 14 heteroatoms. The third kappa shape index (κ3) is 6.01. The highest BCUT2D eigenvalue weighted by Gasteiger charge is 2.35. The summed E-state index contributed by atoms with van der Waals surface area (Å²) in [6.45, 7) is 4.11. The van der Waals surface area contributed by atoms with Gasteiger partial charge in [-0.1, -0.05) is 11.6 Å². The van der Waals surface area contributed by atoms with Crippen molar-refractivity contribution in [3.8, 4) is 5.75 Å². The van der Waals surface area contributed by atoms with E-state index < -0.39 is 24.1 Å². The topological polar surface area (TPSA) is 124 Å². The lowest BCUT2D eigenvalue weighted by Gasteiger charge is -2.42. The summed E-state index contributed by atoms with van der Waals surface area (Å²) in [5.41, 5.74) is 4.93. The van der Waals surface area contributed by atoms with Crippen LogP contribution in [0, 0.1) is 5.82 Å². The smallest absolute Gasteiger partial charge is 0.198 e.